The van der Waals surface area contributed by atoms with Gasteiger partial charge in [0.25, 0.3) is 0 Å². The Hall–Kier alpha value is -1.63. The lowest BCUT2D eigenvalue weighted by molar-refractivity contribution is 0.393. The molecule has 0 unspecified atom stereocenters. The molecule has 19 heavy (non-hydrogen) atoms. The number of hydrogen-bond acceptors (Lipinski definition) is 5. The summed E-state index contributed by atoms with van der Waals surface area (Å²) in [7, 11) is -1.42. The van der Waals surface area contributed by atoms with E-state index in [-0.39, 0.29) is 0 Å². The molecule has 0 fully saturated rings. The molecule has 0 saturated heterocycles. The Morgan fingerprint density at radius 3 is 2.63 bits per heavy atom. The Morgan fingerprint density at radius 2 is 2.00 bits per heavy atom. The molecule has 2 aromatic heterocycles. The summed E-state index contributed by atoms with van der Waals surface area (Å²) in [6.07, 6.45) is 0. The highest BCUT2D eigenvalue weighted by molar-refractivity contribution is 7.27. The molecule has 0 amide bonds. The van der Waals surface area contributed by atoms with E-state index in [4.69, 9.17) is 4.52 Å². The maximum atomic E-state index is 9.21. The molecule has 4 nitrogen and oxygen atoms in total. The predicted molar refractivity (Wildman–Crippen MR) is 76.6 cm³/mol. The van der Waals surface area contributed by atoms with Gasteiger partial charge in [-0.3, -0.25) is 0 Å². The number of hydrogen-bond donors (Lipinski definition) is 2. The third kappa shape index (κ3) is 2.08. The molecule has 0 atom stereocenters. The van der Waals surface area contributed by atoms with E-state index in [1.54, 1.807) is 6.07 Å². The highest BCUT2D eigenvalue weighted by atomic mass is 32.1. The fraction of sp³-hybridized carbons (Fsp3) is 0.154. The second kappa shape index (κ2) is 4.49. The van der Waals surface area contributed by atoms with Gasteiger partial charge >= 0.3 is 7.12 Å². The van der Waals surface area contributed by atoms with Crippen molar-refractivity contribution in [3.05, 3.63) is 35.7 Å². The van der Waals surface area contributed by atoms with Crippen molar-refractivity contribution in [1.82, 2.24) is 5.16 Å². The van der Waals surface area contributed by atoms with E-state index in [1.807, 2.05) is 32.0 Å². The van der Waals surface area contributed by atoms with Crippen LogP contribution in [0.3, 0.4) is 0 Å². The maximum absolute atomic E-state index is 9.21. The van der Waals surface area contributed by atoms with Gasteiger partial charge < -0.3 is 14.6 Å². The molecule has 2 N–H and O–H groups in total. The van der Waals surface area contributed by atoms with Gasteiger partial charge in [-0.25, -0.2) is 0 Å². The fourth-order valence-electron chi connectivity index (χ4n) is 2.24. The van der Waals surface area contributed by atoms with Gasteiger partial charge in [-0.05, 0) is 43.0 Å². The SMILES string of the molecule is Cc1noc(C)c1-c1ccc2sc(B(O)O)cc2c1. The van der Waals surface area contributed by atoms with Crippen LogP contribution in [0.1, 0.15) is 11.5 Å². The number of thiophene rings is 1. The normalized spacial score (nSPS) is 11.2. The van der Waals surface area contributed by atoms with Crippen molar-refractivity contribution in [2.24, 2.45) is 0 Å². The molecule has 1 aromatic carbocycles. The highest BCUT2D eigenvalue weighted by Crippen LogP contribution is 2.30. The van der Waals surface area contributed by atoms with E-state index in [0.29, 0.717) is 4.78 Å². The number of aryl methyl sites for hydroxylation is 2. The van der Waals surface area contributed by atoms with Gasteiger partial charge in [0.05, 0.1) is 5.69 Å². The monoisotopic (exact) mass is 273 g/mol. The molecule has 0 bridgehead atoms. The number of aromatic nitrogens is 1. The van der Waals surface area contributed by atoms with Gasteiger partial charge in [0.1, 0.15) is 5.76 Å². The molecule has 0 radical (unpaired) electrons. The first-order valence-electron chi connectivity index (χ1n) is 5.89. The molecular weight excluding hydrogens is 261 g/mol. The first-order chi connectivity index (χ1) is 9.06. The average molecular weight is 273 g/mol. The van der Waals surface area contributed by atoms with E-state index in [9.17, 15) is 10.0 Å². The second-order valence-corrected chi connectivity index (χ2v) is 5.59. The van der Waals surface area contributed by atoms with Gasteiger partial charge in [-0.15, -0.1) is 11.3 Å². The summed E-state index contributed by atoms with van der Waals surface area (Å²) in [5.74, 6) is 0.787. The van der Waals surface area contributed by atoms with Crippen LogP contribution in [-0.4, -0.2) is 22.3 Å². The van der Waals surface area contributed by atoms with Crippen LogP contribution in [-0.2, 0) is 0 Å². The van der Waals surface area contributed by atoms with Crippen LogP contribution in [0, 0.1) is 13.8 Å². The third-order valence-electron chi connectivity index (χ3n) is 3.11. The summed E-state index contributed by atoms with van der Waals surface area (Å²) in [6, 6.07) is 7.79. The van der Waals surface area contributed by atoms with Crippen molar-refractivity contribution in [2.75, 3.05) is 0 Å². The highest BCUT2D eigenvalue weighted by Gasteiger charge is 2.16. The Labute approximate surface area is 114 Å². The molecule has 2 heterocycles. The predicted octanol–water partition coefficient (Wildman–Crippen LogP) is 1.85. The molecule has 6 heteroatoms. The lowest BCUT2D eigenvalue weighted by Gasteiger charge is -2.00. The average Bonchev–Trinajstić information content (AvgIpc) is 2.92. The molecular formula is C13H12BNO3S. The zero-order chi connectivity index (χ0) is 13.6. The van der Waals surface area contributed by atoms with Crippen LogP contribution in [0.2, 0.25) is 0 Å². The van der Waals surface area contributed by atoms with Crippen molar-refractivity contribution in [1.29, 1.82) is 0 Å². The molecule has 0 aliphatic heterocycles. The van der Waals surface area contributed by atoms with Crippen LogP contribution in [0.15, 0.2) is 28.8 Å². The van der Waals surface area contributed by atoms with Crippen molar-refractivity contribution in [2.45, 2.75) is 13.8 Å². The van der Waals surface area contributed by atoms with E-state index in [2.05, 4.69) is 5.16 Å². The third-order valence-corrected chi connectivity index (χ3v) is 4.27. The van der Waals surface area contributed by atoms with E-state index >= 15 is 0 Å². The molecule has 3 rings (SSSR count). The zero-order valence-corrected chi connectivity index (χ0v) is 11.4. The number of rotatable bonds is 2. The summed E-state index contributed by atoms with van der Waals surface area (Å²) >= 11 is 1.38. The fourth-order valence-corrected chi connectivity index (χ4v) is 3.16. The summed E-state index contributed by atoms with van der Waals surface area (Å²) in [4.78, 5) is 0. The Morgan fingerprint density at radius 1 is 1.21 bits per heavy atom. The van der Waals surface area contributed by atoms with Crippen molar-refractivity contribution >= 4 is 33.3 Å². The number of nitrogens with zero attached hydrogens (tertiary/aromatic N) is 1. The molecule has 3 aromatic rings. The summed E-state index contributed by atoms with van der Waals surface area (Å²) < 4.78 is 6.75. The Kier molecular flexibility index (Phi) is 2.93. The minimum Gasteiger partial charge on any atom is -0.423 e. The summed E-state index contributed by atoms with van der Waals surface area (Å²) in [5.41, 5.74) is 2.88. The minimum absolute atomic E-state index is 0.547. The van der Waals surface area contributed by atoms with Gasteiger partial charge in [-0.1, -0.05) is 11.2 Å². The quantitative estimate of drug-likeness (QED) is 0.699. The van der Waals surface area contributed by atoms with Crippen molar-refractivity contribution in [3.63, 3.8) is 0 Å². The summed E-state index contributed by atoms with van der Waals surface area (Å²) in [5, 5.41) is 23.4. The standard InChI is InChI=1S/C13H12BNO3S/c1-7-13(8(2)18-15-7)9-3-4-11-10(5-9)6-12(19-11)14(16)17/h3-6,16-17H,1-2H3. The second-order valence-electron chi connectivity index (χ2n) is 4.47. The molecule has 0 aliphatic rings. The van der Waals surface area contributed by atoms with Crippen molar-refractivity contribution in [3.8, 4) is 11.1 Å². The smallest absolute Gasteiger partial charge is 0.423 e. The zero-order valence-electron chi connectivity index (χ0n) is 10.5. The molecule has 0 spiro atoms. The van der Waals surface area contributed by atoms with Gasteiger partial charge in [0, 0.05) is 15.0 Å². The largest absolute Gasteiger partial charge is 0.499 e. The molecule has 0 aliphatic carbocycles. The van der Waals surface area contributed by atoms with Crippen LogP contribution in [0.25, 0.3) is 21.2 Å². The topological polar surface area (TPSA) is 66.5 Å². The lowest BCUT2D eigenvalue weighted by Crippen LogP contribution is -2.26. The van der Waals surface area contributed by atoms with E-state index in [0.717, 1.165) is 32.7 Å². The number of fused-ring (bicyclic) bond motifs is 1. The number of benzene rings is 1. The minimum atomic E-state index is -1.42. The van der Waals surface area contributed by atoms with Crippen LogP contribution < -0.4 is 4.78 Å². The molecule has 96 valence electrons. The maximum Gasteiger partial charge on any atom is 0.499 e. The van der Waals surface area contributed by atoms with Crippen LogP contribution in [0.4, 0.5) is 0 Å². The Balaban J connectivity index is 2.16. The van der Waals surface area contributed by atoms with Crippen LogP contribution in [0.5, 0.6) is 0 Å². The lowest BCUT2D eigenvalue weighted by atomic mass is 9.89. The first-order valence-corrected chi connectivity index (χ1v) is 6.71. The Bertz CT molecular complexity index is 728. The first kappa shape index (κ1) is 12.4. The van der Waals surface area contributed by atoms with Crippen molar-refractivity contribution < 1.29 is 14.6 Å². The molecule has 0 saturated carbocycles. The van der Waals surface area contributed by atoms with Gasteiger partial charge in [0.2, 0.25) is 0 Å². The summed E-state index contributed by atoms with van der Waals surface area (Å²) in [6.45, 7) is 3.79. The van der Waals surface area contributed by atoms with Crippen LogP contribution >= 0.6 is 11.3 Å². The van der Waals surface area contributed by atoms with Gasteiger partial charge in [0.15, 0.2) is 0 Å². The van der Waals surface area contributed by atoms with E-state index in [1.165, 1.54) is 11.3 Å². The van der Waals surface area contributed by atoms with E-state index < -0.39 is 7.12 Å². The van der Waals surface area contributed by atoms with Gasteiger partial charge in [-0.2, -0.15) is 0 Å².